The second kappa shape index (κ2) is 5.09. The van der Waals surface area contributed by atoms with Crippen LogP contribution in [0.2, 0.25) is 0 Å². The first-order valence-electron chi connectivity index (χ1n) is 6.77. The van der Waals surface area contributed by atoms with Gasteiger partial charge < -0.3 is 9.15 Å². The number of methoxy groups -OCH3 is 1. The van der Waals surface area contributed by atoms with Gasteiger partial charge in [0.15, 0.2) is 0 Å². The molecule has 0 saturated carbocycles. The smallest absolute Gasteiger partial charge is 0.204 e. The van der Waals surface area contributed by atoms with Gasteiger partial charge in [-0.3, -0.25) is 4.79 Å². The van der Waals surface area contributed by atoms with Crippen molar-refractivity contribution in [2.45, 2.75) is 13.8 Å². The Balaban J connectivity index is 2.32. The van der Waals surface area contributed by atoms with E-state index < -0.39 is 0 Å². The normalized spacial score (nSPS) is 10.8. The third-order valence-electron chi connectivity index (χ3n) is 3.57. The first kappa shape index (κ1) is 13.4. The molecule has 2 aromatic carbocycles. The van der Waals surface area contributed by atoms with Crippen molar-refractivity contribution in [3.8, 4) is 16.9 Å². The van der Waals surface area contributed by atoms with Crippen molar-refractivity contribution in [1.29, 1.82) is 0 Å². The van der Waals surface area contributed by atoms with Crippen molar-refractivity contribution >= 4 is 11.0 Å². The molecule has 21 heavy (non-hydrogen) atoms. The first-order chi connectivity index (χ1) is 10.1. The summed E-state index contributed by atoms with van der Waals surface area (Å²) in [6, 6.07) is 11.5. The van der Waals surface area contributed by atoms with Gasteiger partial charge in [0, 0.05) is 0 Å². The van der Waals surface area contributed by atoms with E-state index in [1.807, 2.05) is 50.2 Å². The molecule has 0 spiro atoms. The Bertz CT molecular complexity index is 858. The molecule has 1 aromatic heterocycles. The lowest BCUT2D eigenvalue weighted by Crippen LogP contribution is -2.06. The summed E-state index contributed by atoms with van der Waals surface area (Å²) in [4.78, 5) is 12.8. The van der Waals surface area contributed by atoms with Crippen molar-refractivity contribution < 1.29 is 9.15 Å². The fraction of sp³-hybridized carbons (Fsp3) is 0.167. The van der Waals surface area contributed by atoms with Crippen LogP contribution in [-0.2, 0) is 0 Å². The van der Waals surface area contributed by atoms with Gasteiger partial charge in [-0.1, -0.05) is 29.8 Å². The van der Waals surface area contributed by atoms with Crippen LogP contribution in [0.25, 0.3) is 22.1 Å². The molecule has 3 heteroatoms. The van der Waals surface area contributed by atoms with Crippen LogP contribution in [0.3, 0.4) is 0 Å². The molecule has 0 unspecified atom stereocenters. The Morgan fingerprint density at radius 2 is 1.71 bits per heavy atom. The highest BCUT2D eigenvalue weighted by atomic mass is 16.5. The zero-order chi connectivity index (χ0) is 15.0. The maximum Gasteiger partial charge on any atom is 0.204 e. The molecule has 0 N–H and O–H groups in total. The van der Waals surface area contributed by atoms with Gasteiger partial charge in [0.2, 0.25) is 5.43 Å². The second-order valence-electron chi connectivity index (χ2n) is 5.18. The zero-order valence-corrected chi connectivity index (χ0v) is 12.3. The van der Waals surface area contributed by atoms with Gasteiger partial charge in [-0.05, 0) is 37.1 Å². The molecule has 0 bridgehead atoms. The third kappa shape index (κ3) is 2.31. The van der Waals surface area contributed by atoms with Crippen molar-refractivity contribution in [2.75, 3.05) is 7.11 Å². The quantitative estimate of drug-likeness (QED) is 0.710. The monoisotopic (exact) mass is 280 g/mol. The van der Waals surface area contributed by atoms with Crippen LogP contribution in [-0.4, -0.2) is 7.11 Å². The molecule has 0 aliphatic carbocycles. The Morgan fingerprint density at radius 3 is 2.38 bits per heavy atom. The average molecular weight is 280 g/mol. The molecule has 0 saturated heterocycles. The number of ether oxygens (including phenoxy) is 1. The maximum absolute atomic E-state index is 12.8. The Morgan fingerprint density at radius 1 is 1.00 bits per heavy atom. The van der Waals surface area contributed by atoms with Gasteiger partial charge in [-0.25, -0.2) is 0 Å². The summed E-state index contributed by atoms with van der Waals surface area (Å²) in [5.41, 5.74) is 4.01. The Kier molecular flexibility index (Phi) is 3.26. The van der Waals surface area contributed by atoms with E-state index in [9.17, 15) is 4.79 Å². The van der Waals surface area contributed by atoms with E-state index in [1.165, 1.54) is 6.26 Å². The van der Waals surface area contributed by atoms with E-state index in [0.29, 0.717) is 22.3 Å². The van der Waals surface area contributed by atoms with E-state index in [4.69, 9.17) is 9.15 Å². The molecule has 1 heterocycles. The minimum atomic E-state index is -0.0723. The van der Waals surface area contributed by atoms with Gasteiger partial charge in [-0.2, -0.15) is 0 Å². The minimum absolute atomic E-state index is 0.0723. The molecule has 0 aliphatic rings. The van der Waals surface area contributed by atoms with Gasteiger partial charge in [0.25, 0.3) is 0 Å². The summed E-state index contributed by atoms with van der Waals surface area (Å²) in [7, 11) is 1.56. The minimum Gasteiger partial charge on any atom is -0.496 e. The van der Waals surface area contributed by atoms with Crippen molar-refractivity contribution in [3.05, 3.63) is 64.0 Å². The maximum atomic E-state index is 12.8. The number of benzene rings is 2. The van der Waals surface area contributed by atoms with E-state index in [0.717, 1.165) is 16.7 Å². The average Bonchev–Trinajstić information content (AvgIpc) is 2.48. The summed E-state index contributed by atoms with van der Waals surface area (Å²) < 4.78 is 11.0. The van der Waals surface area contributed by atoms with Crippen molar-refractivity contribution in [3.63, 3.8) is 0 Å². The molecule has 0 atom stereocenters. The van der Waals surface area contributed by atoms with E-state index in [-0.39, 0.29) is 5.43 Å². The summed E-state index contributed by atoms with van der Waals surface area (Å²) in [5.74, 6) is 0.549. The summed E-state index contributed by atoms with van der Waals surface area (Å²) in [5, 5.41) is 0.487. The molecule has 0 aliphatic heterocycles. The number of hydrogen-bond acceptors (Lipinski definition) is 3. The van der Waals surface area contributed by atoms with Gasteiger partial charge in [0.1, 0.15) is 23.0 Å². The van der Waals surface area contributed by atoms with Crippen LogP contribution in [0.4, 0.5) is 0 Å². The van der Waals surface area contributed by atoms with Gasteiger partial charge in [0.05, 0.1) is 12.7 Å². The molecule has 0 radical (unpaired) electrons. The SMILES string of the molecule is COc1cc(C)cc2occ(-c3ccc(C)cc3)c(=O)c12. The lowest BCUT2D eigenvalue weighted by Gasteiger charge is -2.08. The standard InChI is InChI=1S/C18H16O3/c1-11-4-6-13(7-5-11)14-10-21-16-9-12(2)8-15(20-3)17(16)18(14)19/h4-10H,1-3H3. The summed E-state index contributed by atoms with van der Waals surface area (Å²) in [6.45, 7) is 3.95. The lowest BCUT2D eigenvalue weighted by atomic mass is 10.0. The molecule has 106 valence electrons. The molecule has 0 fully saturated rings. The molecule has 0 amide bonds. The largest absolute Gasteiger partial charge is 0.496 e. The highest BCUT2D eigenvalue weighted by molar-refractivity contribution is 5.87. The van der Waals surface area contributed by atoms with Crippen molar-refractivity contribution in [2.24, 2.45) is 0 Å². The Labute approximate surface area is 122 Å². The highest BCUT2D eigenvalue weighted by Crippen LogP contribution is 2.27. The number of fused-ring (bicyclic) bond motifs is 1. The predicted octanol–water partition coefficient (Wildman–Crippen LogP) is 4.09. The fourth-order valence-corrected chi connectivity index (χ4v) is 2.44. The summed E-state index contributed by atoms with van der Waals surface area (Å²) in [6.07, 6.45) is 1.52. The highest BCUT2D eigenvalue weighted by Gasteiger charge is 2.13. The molecular weight excluding hydrogens is 264 g/mol. The zero-order valence-electron chi connectivity index (χ0n) is 12.3. The Hall–Kier alpha value is -2.55. The second-order valence-corrected chi connectivity index (χ2v) is 5.18. The van der Waals surface area contributed by atoms with Gasteiger partial charge >= 0.3 is 0 Å². The molecule has 3 aromatic rings. The van der Waals surface area contributed by atoms with E-state index in [1.54, 1.807) is 7.11 Å². The van der Waals surface area contributed by atoms with Crippen LogP contribution < -0.4 is 10.2 Å². The van der Waals surface area contributed by atoms with Crippen LogP contribution in [0.5, 0.6) is 5.75 Å². The number of hydrogen-bond donors (Lipinski definition) is 0. The van der Waals surface area contributed by atoms with Crippen LogP contribution in [0, 0.1) is 13.8 Å². The van der Waals surface area contributed by atoms with Crippen LogP contribution in [0.15, 0.2) is 51.9 Å². The van der Waals surface area contributed by atoms with Gasteiger partial charge in [-0.15, -0.1) is 0 Å². The predicted molar refractivity (Wildman–Crippen MR) is 83.9 cm³/mol. The number of rotatable bonds is 2. The topological polar surface area (TPSA) is 39.4 Å². The van der Waals surface area contributed by atoms with E-state index in [2.05, 4.69) is 0 Å². The van der Waals surface area contributed by atoms with Crippen molar-refractivity contribution in [1.82, 2.24) is 0 Å². The first-order valence-corrected chi connectivity index (χ1v) is 6.77. The molecular formula is C18H16O3. The third-order valence-corrected chi connectivity index (χ3v) is 3.57. The van der Waals surface area contributed by atoms with E-state index >= 15 is 0 Å². The summed E-state index contributed by atoms with van der Waals surface area (Å²) >= 11 is 0. The molecule has 3 nitrogen and oxygen atoms in total. The lowest BCUT2D eigenvalue weighted by molar-refractivity contribution is 0.418. The van der Waals surface area contributed by atoms with Crippen LogP contribution >= 0.6 is 0 Å². The van der Waals surface area contributed by atoms with Crippen LogP contribution in [0.1, 0.15) is 11.1 Å². The number of aryl methyl sites for hydroxylation is 2. The fourth-order valence-electron chi connectivity index (χ4n) is 2.44. The molecule has 3 rings (SSSR count).